The lowest BCUT2D eigenvalue weighted by Gasteiger charge is -2.08. The summed E-state index contributed by atoms with van der Waals surface area (Å²) in [7, 11) is 0. The predicted molar refractivity (Wildman–Crippen MR) is 74.2 cm³/mol. The van der Waals surface area contributed by atoms with Crippen LogP contribution < -0.4 is 10.9 Å². The molecule has 0 fully saturated rings. The van der Waals surface area contributed by atoms with Crippen LogP contribution in [0.2, 0.25) is 0 Å². The number of hydrogen-bond acceptors (Lipinski definition) is 3. The summed E-state index contributed by atoms with van der Waals surface area (Å²) in [5.41, 5.74) is -0.0201. The normalized spacial score (nSPS) is 10.9. The van der Waals surface area contributed by atoms with Gasteiger partial charge in [-0.1, -0.05) is 32.0 Å². The molecule has 1 heterocycles. The van der Waals surface area contributed by atoms with E-state index in [4.69, 9.17) is 0 Å². The van der Waals surface area contributed by atoms with E-state index >= 15 is 0 Å². The summed E-state index contributed by atoms with van der Waals surface area (Å²) in [6.45, 7) is 4.80. The van der Waals surface area contributed by atoms with Crippen molar-refractivity contribution in [2.45, 2.75) is 20.3 Å². The zero-order chi connectivity index (χ0) is 13.8. The van der Waals surface area contributed by atoms with E-state index in [9.17, 15) is 9.59 Å². The molecule has 100 valence electrons. The lowest BCUT2D eigenvalue weighted by atomic mass is 10.1. The van der Waals surface area contributed by atoms with Gasteiger partial charge in [-0.25, -0.2) is 5.10 Å². The number of fused-ring (bicyclic) bond motifs is 1. The van der Waals surface area contributed by atoms with E-state index in [1.54, 1.807) is 24.3 Å². The number of H-pyrrole nitrogens is 1. The first-order valence-electron chi connectivity index (χ1n) is 6.35. The number of amides is 1. The maximum Gasteiger partial charge on any atom is 0.272 e. The minimum Gasteiger partial charge on any atom is -0.351 e. The number of aromatic amines is 1. The third kappa shape index (κ3) is 2.99. The molecule has 2 N–H and O–H groups in total. The van der Waals surface area contributed by atoms with Crippen LogP contribution in [0.5, 0.6) is 0 Å². The summed E-state index contributed by atoms with van der Waals surface area (Å²) in [6.07, 6.45) is 0.910. The van der Waals surface area contributed by atoms with Crippen LogP contribution in [0.1, 0.15) is 30.8 Å². The van der Waals surface area contributed by atoms with Crippen LogP contribution in [0.15, 0.2) is 29.1 Å². The van der Waals surface area contributed by atoms with Crippen molar-refractivity contribution in [3.8, 4) is 0 Å². The van der Waals surface area contributed by atoms with Crippen LogP contribution in [0.25, 0.3) is 10.8 Å². The topological polar surface area (TPSA) is 74.8 Å². The zero-order valence-corrected chi connectivity index (χ0v) is 11.1. The Morgan fingerprint density at radius 2 is 2.00 bits per heavy atom. The van der Waals surface area contributed by atoms with E-state index < -0.39 is 0 Å². The Balaban J connectivity index is 2.28. The fourth-order valence-electron chi connectivity index (χ4n) is 1.85. The maximum absolute atomic E-state index is 12.1. The van der Waals surface area contributed by atoms with Crippen molar-refractivity contribution in [2.24, 2.45) is 5.92 Å². The summed E-state index contributed by atoms with van der Waals surface area (Å²) in [6, 6.07) is 6.96. The average molecular weight is 259 g/mol. The summed E-state index contributed by atoms with van der Waals surface area (Å²) < 4.78 is 0. The van der Waals surface area contributed by atoms with Gasteiger partial charge in [0.2, 0.25) is 0 Å². The first-order chi connectivity index (χ1) is 9.09. The molecular formula is C14H17N3O2. The molecule has 19 heavy (non-hydrogen) atoms. The third-order valence-corrected chi connectivity index (χ3v) is 2.92. The Bertz CT molecular complexity index is 646. The highest BCUT2D eigenvalue weighted by atomic mass is 16.2. The number of hydrogen-bond donors (Lipinski definition) is 2. The average Bonchev–Trinajstić information content (AvgIpc) is 2.39. The van der Waals surface area contributed by atoms with Gasteiger partial charge in [0, 0.05) is 11.9 Å². The molecule has 1 aromatic carbocycles. The molecule has 0 spiro atoms. The molecule has 2 rings (SSSR count). The van der Waals surface area contributed by atoms with Gasteiger partial charge in [0.1, 0.15) is 0 Å². The van der Waals surface area contributed by atoms with Crippen molar-refractivity contribution >= 4 is 16.7 Å². The Labute approximate surface area is 111 Å². The quantitative estimate of drug-likeness (QED) is 0.877. The summed E-state index contributed by atoms with van der Waals surface area (Å²) in [4.78, 5) is 23.7. The minimum atomic E-state index is -0.283. The number of rotatable bonds is 4. The SMILES string of the molecule is CC(C)CCNC(=O)c1n[nH]c(=O)c2ccccc12. The second kappa shape index (κ2) is 5.65. The fraction of sp³-hybridized carbons (Fsp3) is 0.357. The molecule has 0 radical (unpaired) electrons. The molecule has 1 aromatic heterocycles. The number of aromatic nitrogens is 2. The lowest BCUT2D eigenvalue weighted by molar-refractivity contribution is 0.0948. The van der Waals surface area contributed by atoms with Crippen molar-refractivity contribution in [1.29, 1.82) is 0 Å². The van der Waals surface area contributed by atoms with Gasteiger partial charge in [-0.2, -0.15) is 5.10 Å². The van der Waals surface area contributed by atoms with Crippen LogP contribution in [0.3, 0.4) is 0 Å². The van der Waals surface area contributed by atoms with Crippen molar-refractivity contribution in [2.75, 3.05) is 6.54 Å². The Morgan fingerprint density at radius 3 is 2.68 bits per heavy atom. The van der Waals surface area contributed by atoms with Crippen molar-refractivity contribution in [3.05, 3.63) is 40.3 Å². The van der Waals surface area contributed by atoms with Crippen molar-refractivity contribution in [1.82, 2.24) is 15.5 Å². The number of nitrogens with one attached hydrogen (secondary N) is 2. The maximum atomic E-state index is 12.1. The van der Waals surface area contributed by atoms with E-state index in [1.165, 1.54) is 0 Å². The van der Waals surface area contributed by atoms with Gasteiger partial charge in [0.25, 0.3) is 11.5 Å². The number of carbonyl (C=O) groups excluding carboxylic acids is 1. The van der Waals surface area contributed by atoms with Gasteiger partial charge in [0.05, 0.1) is 5.39 Å². The van der Waals surface area contributed by atoms with Crippen LogP contribution >= 0.6 is 0 Å². The molecule has 1 amide bonds. The first-order valence-corrected chi connectivity index (χ1v) is 6.35. The number of carbonyl (C=O) groups is 1. The second-order valence-electron chi connectivity index (χ2n) is 4.89. The van der Waals surface area contributed by atoms with E-state index in [0.29, 0.717) is 23.2 Å². The Hall–Kier alpha value is -2.17. The lowest BCUT2D eigenvalue weighted by Crippen LogP contribution is -2.28. The first kappa shape index (κ1) is 13.3. The van der Waals surface area contributed by atoms with Crippen LogP contribution in [0, 0.1) is 5.92 Å². The molecule has 0 aliphatic carbocycles. The third-order valence-electron chi connectivity index (χ3n) is 2.92. The highest BCUT2D eigenvalue weighted by molar-refractivity contribution is 6.04. The van der Waals surface area contributed by atoms with Gasteiger partial charge < -0.3 is 5.32 Å². The monoisotopic (exact) mass is 259 g/mol. The summed E-state index contributed by atoms with van der Waals surface area (Å²) in [5, 5.41) is 10.1. The molecule has 0 atom stereocenters. The van der Waals surface area contributed by atoms with Gasteiger partial charge in [0.15, 0.2) is 5.69 Å². The zero-order valence-electron chi connectivity index (χ0n) is 11.1. The summed E-state index contributed by atoms with van der Waals surface area (Å²) >= 11 is 0. The molecule has 5 nitrogen and oxygen atoms in total. The van der Waals surface area contributed by atoms with Gasteiger partial charge in [-0.05, 0) is 18.4 Å². The van der Waals surface area contributed by atoms with Crippen LogP contribution in [0.4, 0.5) is 0 Å². The van der Waals surface area contributed by atoms with E-state index in [2.05, 4.69) is 29.4 Å². The van der Waals surface area contributed by atoms with Crippen molar-refractivity contribution < 1.29 is 4.79 Å². The molecule has 2 aromatic rings. The number of nitrogens with zero attached hydrogens (tertiary/aromatic N) is 1. The molecule has 0 unspecified atom stereocenters. The van der Waals surface area contributed by atoms with Gasteiger partial charge in [-0.15, -0.1) is 0 Å². The van der Waals surface area contributed by atoms with E-state index in [1.807, 2.05) is 0 Å². The standard InChI is InChI=1S/C14H17N3O2/c1-9(2)7-8-15-14(19)12-10-5-3-4-6-11(10)13(18)17-16-12/h3-6,9H,7-8H2,1-2H3,(H,15,19)(H,17,18). The smallest absolute Gasteiger partial charge is 0.272 e. The molecule has 0 saturated heterocycles. The molecule has 0 aliphatic rings. The Kier molecular flexibility index (Phi) is 3.94. The largest absolute Gasteiger partial charge is 0.351 e. The molecule has 0 bridgehead atoms. The van der Waals surface area contributed by atoms with Crippen molar-refractivity contribution in [3.63, 3.8) is 0 Å². The highest BCUT2D eigenvalue weighted by Crippen LogP contribution is 2.12. The minimum absolute atomic E-state index is 0.256. The number of benzene rings is 1. The predicted octanol–water partition coefficient (Wildman–Crippen LogP) is 1.70. The van der Waals surface area contributed by atoms with Gasteiger partial charge >= 0.3 is 0 Å². The fourth-order valence-corrected chi connectivity index (χ4v) is 1.85. The van der Waals surface area contributed by atoms with E-state index in [-0.39, 0.29) is 17.2 Å². The van der Waals surface area contributed by atoms with Crippen LogP contribution in [-0.4, -0.2) is 22.6 Å². The Morgan fingerprint density at radius 1 is 1.32 bits per heavy atom. The molecule has 5 heteroatoms. The van der Waals surface area contributed by atoms with Gasteiger partial charge in [-0.3, -0.25) is 9.59 Å². The molecule has 0 aliphatic heterocycles. The molecular weight excluding hydrogens is 242 g/mol. The molecule has 0 saturated carbocycles. The highest BCUT2D eigenvalue weighted by Gasteiger charge is 2.13. The van der Waals surface area contributed by atoms with E-state index in [0.717, 1.165) is 6.42 Å². The second-order valence-corrected chi connectivity index (χ2v) is 4.89. The summed E-state index contributed by atoms with van der Waals surface area (Å²) in [5.74, 6) is 0.272. The van der Waals surface area contributed by atoms with Crippen LogP contribution in [-0.2, 0) is 0 Å².